The maximum absolute atomic E-state index is 13.3. The molecular weight excluding hydrogens is 384 g/mol. The fraction of sp³-hybridized carbons (Fsp3) is 0.407. The van der Waals surface area contributed by atoms with Crippen molar-refractivity contribution in [2.45, 2.75) is 46.5 Å². The summed E-state index contributed by atoms with van der Waals surface area (Å²) in [5, 5.41) is 0. The molecule has 2 aliphatic rings. The van der Waals surface area contributed by atoms with Gasteiger partial charge in [-0.15, -0.1) is 0 Å². The molecule has 0 aromatic heterocycles. The number of likely N-dealkylation sites (tertiary alicyclic amines) is 1. The van der Waals surface area contributed by atoms with Gasteiger partial charge >= 0.3 is 0 Å². The number of aryl methyl sites for hydroxylation is 2. The van der Waals surface area contributed by atoms with Crippen LogP contribution >= 0.6 is 0 Å². The number of carbonyl (C=O) groups excluding carboxylic acids is 2. The minimum Gasteiger partial charge on any atom is -0.366 e. The summed E-state index contributed by atoms with van der Waals surface area (Å²) in [6, 6.07) is 16.7. The molecule has 162 valence electrons. The largest absolute Gasteiger partial charge is 0.366 e. The molecule has 2 aromatic carbocycles. The summed E-state index contributed by atoms with van der Waals surface area (Å²) in [4.78, 5) is 30.3. The van der Waals surface area contributed by atoms with E-state index >= 15 is 0 Å². The van der Waals surface area contributed by atoms with Crippen LogP contribution in [0.1, 0.15) is 48.4 Å². The van der Waals surface area contributed by atoms with Crippen molar-refractivity contribution >= 4 is 17.4 Å². The van der Waals surface area contributed by atoms with Crippen molar-refractivity contribution in [1.82, 2.24) is 9.80 Å². The van der Waals surface area contributed by atoms with Gasteiger partial charge < -0.3 is 4.90 Å². The van der Waals surface area contributed by atoms with Crippen molar-refractivity contribution in [3.8, 4) is 0 Å². The van der Waals surface area contributed by atoms with Gasteiger partial charge in [0, 0.05) is 19.6 Å². The molecule has 0 atom stereocenters. The lowest BCUT2D eigenvalue weighted by Crippen LogP contribution is -2.39. The van der Waals surface area contributed by atoms with Gasteiger partial charge in [-0.1, -0.05) is 61.0 Å². The predicted octanol–water partition coefficient (Wildman–Crippen LogP) is 4.75. The number of hydrogen-bond acceptors (Lipinski definition) is 3. The van der Waals surface area contributed by atoms with Crippen molar-refractivity contribution in [3.05, 3.63) is 76.5 Å². The molecule has 2 aliphatic heterocycles. The van der Waals surface area contributed by atoms with Crippen molar-refractivity contribution in [3.63, 3.8) is 0 Å². The molecule has 4 rings (SSSR count). The number of rotatable bonds is 6. The van der Waals surface area contributed by atoms with Crippen LogP contribution in [-0.2, 0) is 16.0 Å². The van der Waals surface area contributed by atoms with Crippen LogP contribution in [0.15, 0.2) is 54.2 Å². The summed E-state index contributed by atoms with van der Waals surface area (Å²) in [6.45, 7) is 8.19. The Morgan fingerprint density at radius 2 is 1.65 bits per heavy atom. The van der Waals surface area contributed by atoms with E-state index in [1.807, 2.05) is 26.0 Å². The number of nitrogens with zero attached hydrogens (tertiary/aromatic N) is 2. The van der Waals surface area contributed by atoms with Gasteiger partial charge in [0.15, 0.2) is 0 Å². The average Bonchev–Trinajstić information content (AvgIpc) is 3.00. The Labute approximate surface area is 185 Å². The average molecular weight is 417 g/mol. The van der Waals surface area contributed by atoms with Gasteiger partial charge in [0.1, 0.15) is 5.70 Å². The van der Waals surface area contributed by atoms with Crippen LogP contribution in [0.3, 0.4) is 0 Å². The molecule has 4 nitrogen and oxygen atoms in total. The van der Waals surface area contributed by atoms with E-state index in [4.69, 9.17) is 0 Å². The molecular formula is C27H32N2O2. The molecule has 0 aliphatic carbocycles. The molecule has 2 aromatic rings. The minimum atomic E-state index is -0.139. The second kappa shape index (κ2) is 9.09. The molecule has 0 unspecified atom stereocenters. The summed E-state index contributed by atoms with van der Waals surface area (Å²) in [5.74, 6) is 0.353. The Bertz CT molecular complexity index is 1000. The molecule has 31 heavy (non-hydrogen) atoms. The van der Waals surface area contributed by atoms with Crippen molar-refractivity contribution < 1.29 is 9.59 Å². The topological polar surface area (TPSA) is 40.6 Å². The molecule has 2 heterocycles. The fourth-order valence-corrected chi connectivity index (χ4v) is 4.93. The summed E-state index contributed by atoms with van der Waals surface area (Å²) >= 11 is 0. The second-order valence-electron chi connectivity index (χ2n) is 8.92. The van der Waals surface area contributed by atoms with Crippen LogP contribution in [0.4, 0.5) is 0 Å². The molecule has 2 amide bonds. The Morgan fingerprint density at radius 3 is 2.29 bits per heavy atom. The van der Waals surface area contributed by atoms with Crippen molar-refractivity contribution in [2.75, 3.05) is 19.6 Å². The Balaban J connectivity index is 1.61. The highest BCUT2D eigenvalue weighted by Gasteiger charge is 2.42. The third kappa shape index (κ3) is 4.30. The Morgan fingerprint density at radius 1 is 0.935 bits per heavy atom. The fourth-order valence-electron chi connectivity index (χ4n) is 4.93. The monoisotopic (exact) mass is 416 g/mol. The maximum atomic E-state index is 13.3. The molecule has 4 heteroatoms. The van der Waals surface area contributed by atoms with Crippen LogP contribution in [0.2, 0.25) is 0 Å². The molecule has 1 fully saturated rings. The van der Waals surface area contributed by atoms with Crippen LogP contribution in [-0.4, -0.2) is 41.2 Å². The molecule has 1 saturated heterocycles. The van der Waals surface area contributed by atoms with E-state index in [2.05, 4.69) is 48.2 Å². The highest BCUT2D eigenvalue weighted by molar-refractivity contribution is 6.35. The van der Waals surface area contributed by atoms with Gasteiger partial charge in [-0.25, -0.2) is 0 Å². The summed E-state index contributed by atoms with van der Waals surface area (Å²) < 4.78 is 0. The SMILES string of the molecule is CCCN1C(=O)C(c2ccc(C)cc2C)=C(N2CCC(Cc3ccccc3)CC2)C1=O. The summed E-state index contributed by atoms with van der Waals surface area (Å²) in [7, 11) is 0. The van der Waals surface area contributed by atoms with Crippen molar-refractivity contribution in [2.24, 2.45) is 5.92 Å². The number of imide groups is 1. The van der Waals surface area contributed by atoms with E-state index in [9.17, 15) is 9.59 Å². The Hall–Kier alpha value is -2.88. The van der Waals surface area contributed by atoms with E-state index in [1.54, 1.807) is 0 Å². The van der Waals surface area contributed by atoms with Crippen LogP contribution in [0.5, 0.6) is 0 Å². The summed E-state index contributed by atoms with van der Waals surface area (Å²) in [6.07, 6.45) is 3.91. The lowest BCUT2D eigenvalue weighted by atomic mass is 9.89. The number of hydrogen-bond donors (Lipinski definition) is 0. The molecule has 0 radical (unpaired) electrons. The first-order valence-corrected chi connectivity index (χ1v) is 11.5. The molecule has 0 bridgehead atoms. The van der Waals surface area contributed by atoms with E-state index in [0.29, 0.717) is 23.7 Å². The third-order valence-electron chi connectivity index (χ3n) is 6.54. The van der Waals surface area contributed by atoms with Gasteiger partial charge in [-0.05, 0) is 62.1 Å². The smallest absolute Gasteiger partial charge is 0.277 e. The quantitative estimate of drug-likeness (QED) is 0.638. The molecule has 0 spiro atoms. The first-order chi connectivity index (χ1) is 15.0. The third-order valence-corrected chi connectivity index (χ3v) is 6.54. The number of amides is 2. The number of carbonyl (C=O) groups is 2. The lowest BCUT2D eigenvalue weighted by molar-refractivity contribution is -0.137. The highest BCUT2D eigenvalue weighted by Crippen LogP contribution is 2.35. The summed E-state index contributed by atoms with van der Waals surface area (Å²) in [5.41, 5.74) is 5.68. The predicted molar refractivity (Wildman–Crippen MR) is 124 cm³/mol. The number of piperidine rings is 1. The van der Waals surface area contributed by atoms with Crippen molar-refractivity contribution in [1.29, 1.82) is 0 Å². The van der Waals surface area contributed by atoms with E-state index in [1.165, 1.54) is 10.5 Å². The highest BCUT2D eigenvalue weighted by atomic mass is 16.2. The van der Waals surface area contributed by atoms with Gasteiger partial charge in [0.05, 0.1) is 5.57 Å². The maximum Gasteiger partial charge on any atom is 0.277 e. The molecule has 0 saturated carbocycles. The first-order valence-electron chi connectivity index (χ1n) is 11.5. The minimum absolute atomic E-state index is 0.122. The van der Waals surface area contributed by atoms with Crippen LogP contribution in [0, 0.1) is 19.8 Å². The van der Waals surface area contributed by atoms with E-state index in [0.717, 1.165) is 55.5 Å². The molecule has 0 N–H and O–H groups in total. The zero-order valence-corrected chi connectivity index (χ0v) is 18.9. The first kappa shape index (κ1) is 21.4. The lowest BCUT2D eigenvalue weighted by Gasteiger charge is -2.34. The van der Waals surface area contributed by atoms with E-state index < -0.39 is 0 Å². The normalized spacial score (nSPS) is 17.8. The standard InChI is InChI=1S/C27H32N2O2/c1-4-14-29-26(30)24(23-11-10-19(2)17-20(23)3)25(27(29)31)28-15-12-22(13-16-28)18-21-8-6-5-7-9-21/h5-11,17,22H,4,12-16,18H2,1-3H3. The van der Waals surface area contributed by atoms with Gasteiger partial charge in [0.2, 0.25) is 0 Å². The van der Waals surface area contributed by atoms with Gasteiger partial charge in [-0.2, -0.15) is 0 Å². The second-order valence-corrected chi connectivity index (χ2v) is 8.92. The number of benzene rings is 2. The van der Waals surface area contributed by atoms with E-state index in [-0.39, 0.29) is 11.8 Å². The van der Waals surface area contributed by atoms with Crippen LogP contribution in [0.25, 0.3) is 5.57 Å². The Kier molecular flexibility index (Phi) is 6.26. The van der Waals surface area contributed by atoms with Crippen LogP contribution < -0.4 is 0 Å². The van der Waals surface area contributed by atoms with Gasteiger partial charge in [0.25, 0.3) is 11.8 Å². The van der Waals surface area contributed by atoms with Gasteiger partial charge in [-0.3, -0.25) is 14.5 Å². The zero-order chi connectivity index (χ0) is 22.0. The zero-order valence-electron chi connectivity index (χ0n) is 18.9.